The zero-order valence-electron chi connectivity index (χ0n) is 11.1. The van der Waals surface area contributed by atoms with Crippen molar-refractivity contribution in [3.8, 4) is 0 Å². The lowest BCUT2D eigenvalue weighted by Gasteiger charge is -2.09. The molecule has 0 unspecified atom stereocenters. The molecule has 0 aliphatic rings. The summed E-state index contributed by atoms with van der Waals surface area (Å²) in [4.78, 5) is 25.7. The Balaban J connectivity index is 2.17. The lowest BCUT2D eigenvalue weighted by Crippen LogP contribution is -2.12. The van der Waals surface area contributed by atoms with Crippen LogP contribution < -0.4 is 5.32 Å². The number of carbonyl (C=O) groups excluding carboxylic acids is 2. The number of isocyanates is 1. The van der Waals surface area contributed by atoms with Gasteiger partial charge in [0.1, 0.15) is 0 Å². The van der Waals surface area contributed by atoms with E-state index < -0.39 is 0 Å². The molecular weight excluding hydrogens is 252 g/mol. The van der Waals surface area contributed by atoms with Crippen LogP contribution in [0.15, 0.2) is 53.5 Å². The van der Waals surface area contributed by atoms with Crippen LogP contribution in [0.5, 0.6) is 0 Å². The highest BCUT2D eigenvalue weighted by Gasteiger charge is 2.08. The van der Waals surface area contributed by atoms with Crippen molar-refractivity contribution in [1.29, 1.82) is 0 Å². The average Bonchev–Trinajstić information content (AvgIpc) is 2.49. The van der Waals surface area contributed by atoms with Crippen LogP contribution in [0.25, 0.3) is 0 Å². The van der Waals surface area contributed by atoms with Gasteiger partial charge in [-0.05, 0) is 42.3 Å². The fraction of sp³-hybridized carbons (Fsp3) is 0.125. The Kier molecular flexibility index (Phi) is 4.43. The van der Waals surface area contributed by atoms with Crippen LogP contribution in [0.3, 0.4) is 0 Å². The summed E-state index contributed by atoms with van der Waals surface area (Å²) in [6.07, 6.45) is 2.31. The maximum absolute atomic E-state index is 12.1. The van der Waals surface area contributed by atoms with Crippen molar-refractivity contribution in [3.63, 3.8) is 0 Å². The van der Waals surface area contributed by atoms with Gasteiger partial charge < -0.3 is 5.32 Å². The minimum atomic E-state index is -0.187. The number of aliphatic imine (C=N–C) groups is 1. The molecule has 2 rings (SSSR count). The molecule has 0 bridgehead atoms. The number of anilines is 1. The molecule has 100 valence electrons. The summed E-state index contributed by atoms with van der Waals surface area (Å²) in [6, 6.07) is 14.1. The third kappa shape index (κ3) is 3.19. The molecule has 0 aliphatic carbocycles. The molecule has 0 saturated heterocycles. The number of rotatable bonds is 4. The van der Waals surface area contributed by atoms with Gasteiger partial charge in [0.25, 0.3) is 5.91 Å². The fourth-order valence-electron chi connectivity index (χ4n) is 1.89. The third-order valence-corrected chi connectivity index (χ3v) is 2.95. The normalized spacial score (nSPS) is 9.65. The summed E-state index contributed by atoms with van der Waals surface area (Å²) in [5.74, 6) is -0.187. The van der Waals surface area contributed by atoms with Gasteiger partial charge >= 0.3 is 0 Å². The van der Waals surface area contributed by atoms with Crippen molar-refractivity contribution in [2.75, 3.05) is 5.32 Å². The highest BCUT2D eigenvalue weighted by atomic mass is 16.1. The molecule has 0 saturated carbocycles. The minimum absolute atomic E-state index is 0.187. The smallest absolute Gasteiger partial charge is 0.255 e. The predicted octanol–water partition coefficient (Wildman–Crippen LogP) is 3.47. The third-order valence-electron chi connectivity index (χ3n) is 2.95. The number of amides is 1. The van der Waals surface area contributed by atoms with Crippen molar-refractivity contribution in [3.05, 3.63) is 59.7 Å². The predicted molar refractivity (Wildman–Crippen MR) is 78.0 cm³/mol. The van der Waals surface area contributed by atoms with E-state index in [1.807, 2.05) is 31.2 Å². The molecule has 0 aliphatic heterocycles. The molecule has 2 aromatic rings. The number of nitrogens with zero attached hydrogens (tertiary/aromatic N) is 1. The fourth-order valence-corrected chi connectivity index (χ4v) is 1.89. The second kappa shape index (κ2) is 6.45. The first kappa shape index (κ1) is 13.7. The van der Waals surface area contributed by atoms with Gasteiger partial charge in [-0.1, -0.05) is 25.1 Å². The number of benzene rings is 2. The van der Waals surface area contributed by atoms with Gasteiger partial charge in [-0.2, -0.15) is 4.99 Å². The summed E-state index contributed by atoms with van der Waals surface area (Å²) in [7, 11) is 0. The molecule has 4 nitrogen and oxygen atoms in total. The maximum atomic E-state index is 12.1. The van der Waals surface area contributed by atoms with Crippen LogP contribution in [0.2, 0.25) is 0 Å². The van der Waals surface area contributed by atoms with Gasteiger partial charge in [0.05, 0.1) is 5.69 Å². The summed E-state index contributed by atoms with van der Waals surface area (Å²) >= 11 is 0. The molecular formula is C16H14N2O2. The molecule has 20 heavy (non-hydrogen) atoms. The SMILES string of the molecule is CCc1ccccc1NC(=O)c1ccc(N=C=O)cc1. The number of hydrogen-bond acceptors (Lipinski definition) is 3. The monoisotopic (exact) mass is 266 g/mol. The molecule has 2 aromatic carbocycles. The van der Waals surface area contributed by atoms with Crippen molar-refractivity contribution in [2.45, 2.75) is 13.3 Å². The first-order valence-corrected chi connectivity index (χ1v) is 6.31. The van der Waals surface area contributed by atoms with Crippen LogP contribution in [0.4, 0.5) is 11.4 Å². The highest BCUT2D eigenvalue weighted by molar-refractivity contribution is 6.04. The molecule has 1 N–H and O–H groups in total. The summed E-state index contributed by atoms with van der Waals surface area (Å²) in [5, 5.41) is 2.88. The number of hydrogen-bond donors (Lipinski definition) is 1. The van der Waals surface area contributed by atoms with Crippen molar-refractivity contribution < 1.29 is 9.59 Å². The Hall–Kier alpha value is -2.71. The standard InChI is InChI=1S/C16H14N2O2/c1-2-12-5-3-4-6-15(12)18-16(20)13-7-9-14(10-8-13)17-11-19/h3-10H,2H2,1H3,(H,18,20). The number of para-hydroxylation sites is 1. The van der Waals surface area contributed by atoms with Crippen LogP contribution in [-0.2, 0) is 11.2 Å². The molecule has 0 heterocycles. The average molecular weight is 266 g/mol. The van der Waals surface area contributed by atoms with E-state index >= 15 is 0 Å². The number of carbonyl (C=O) groups is 1. The van der Waals surface area contributed by atoms with E-state index in [1.54, 1.807) is 24.3 Å². The first-order chi connectivity index (χ1) is 9.74. The Bertz CT molecular complexity index is 656. The Morgan fingerprint density at radius 3 is 2.50 bits per heavy atom. The van der Waals surface area contributed by atoms with Crippen molar-refractivity contribution >= 4 is 23.4 Å². The molecule has 0 fully saturated rings. The highest BCUT2D eigenvalue weighted by Crippen LogP contribution is 2.18. The molecule has 0 aromatic heterocycles. The molecule has 1 amide bonds. The minimum Gasteiger partial charge on any atom is -0.322 e. The second-order valence-corrected chi connectivity index (χ2v) is 4.21. The van der Waals surface area contributed by atoms with E-state index in [2.05, 4.69) is 10.3 Å². The van der Waals surface area contributed by atoms with Crippen LogP contribution in [0, 0.1) is 0 Å². The maximum Gasteiger partial charge on any atom is 0.255 e. The summed E-state index contributed by atoms with van der Waals surface area (Å²) in [6.45, 7) is 2.04. The van der Waals surface area contributed by atoms with Crippen LogP contribution in [0.1, 0.15) is 22.8 Å². The van der Waals surface area contributed by atoms with Gasteiger partial charge in [0.15, 0.2) is 0 Å². The molecule has 0 atom stereocenters. The Morgan fingerprint density at radius 1 is 1.15 bits per heavy atom. The van der Waals surface area contributed by atoms with E-state index in [1.165, 1.54) is 6.08 Å². The zero-order chi connectivity index (χ0) is 14.4. The Morgan fingerprint density at radius 2 is 1.85 bits per heavy atom. The summed E-state index contributed by atoms with van der Waals surface area (Å²) < 4.78 is 0. The van der Waals surface area contributed by atoms with Gasteiger partial charge in [-0.25, -0.2) is 4.79 Å². The molecule has 0 radical (unpaired) electrons. The number of aryl methyl sites for hydroxylation is 1. The van der Waals surface area contributed by atoms with Crippen LogP contribution >= 0.6 is 0 Å². The summed E-state index contributed by atoms with van der Waals surface area (Å²) in [5.41, 5.74) is 2.89. The van der Waals surface area contributed by atoms with Gasteiger partial charge in [0, 0.05) is 11.3 Å². The lowest BCUT2D eigenvalue weighted by atomic mass is 10.1. The largest absolute Gasteiger partial charge is 0.322 e. The van der Waals surface area contributed by atoms with Gasteiger partial charge in [-0.15, -0.1) is 0 Å². The second-order valence-electron chi connectivity index (χ2n) is 4.21. The van der Waals surface area contributed by atoms with Gasteiger partial charge in [0.2, 0.25) is 6.08 Å². The molecule has 4 heteroatoms. The van der Waals surface area contributed by atoms with Crippen molar-refractivity contribution in [1.82, 2.24) is 0 Å². The van der Waals surface area contributed by atoms with Gasteiger partial charge in [-0.3, -0.25) is 4.79 Å². The first-order valence-electron chi connectivity index (χ1n) is 6.31. The van der Waals surface area contributed by atoms with E-state index in [4.69, 9.17) is 0 Å². The van der Waals surface area contributed by atoms with E-state index in [0.717, 1.165) is 17.7 Å². The zero-order valence-corrected chi connectivity index (χ0v) is 11.1. The van der Waals surface area contributed by atoms with Crippen LogP contribution in [-0.4, -0.2) is 12.0 Å². The van der Waals surface area contributed by atoms with E-state index in [0.29, 0.717) is 11.3 Å². The van der Waals surface area contributed by atoms with E-state index in [9.17, 15) is 9.59 Å². The topological polar surface area (TPSA) is 58.5 Å². The molecule has 0 spiro atoms. The van der Waals surface area contributed by atoms with Crippen molar-refractivity contribution in [2.24, 2.45) is 4.99 Å². The quantitative estimate of drug-likeness (QED) is 0.680. The Labute approximate surface area is 117 Å². The van der Waals surface area contributed by atoms with E-state index in [-0.39, 0.29) is 5.91 Å². The number of nitrogens with one attached hydrogen (secondary N) is 1. The lowest BCUT2D eigenvalue weighted by molar-refractivity contribution is 0.102.